The first-order chi connectivity index (χ1) is 18.0. The largest absolute Gasteiger partial charge is 0.489 e. The zero-order chi connectivity index (χ0) is 25.8. The van der Waals surface area contributed by atoms with Gasteiger partial charge in [-0.15, -0.1) is 10.2 Å². The van der Waals surface area contributed by atoms with Crippen LogP contribution in [0, 0.1) is 6.92 Å². The minimum atomic E-state index is -1.22. The molecule has 1 aliphatic carbocycles. The molecule has 37 heavy (non-hydrogen) atoms. The average molecular weight is 500 g/mol. The van der Waals surface area contributed by atoms with Crippen molar-refractivity contribution in [3.05, 3.63) is 83.2 Å². The molecule has 0 saturated carbocycles. The van der Waals surface area contributed by atoms with Crippen molar-refractivity contribution in [2.45, 2.75) is 37.8 Å². The van der Waals surface area contributed by atoms with E-state index in [9.17, 15) is 9.59 Å². The molecule has 0 radical (unpaired) electrons. The third-order valence-electron chi connectivity index (χ3n) is 6.84. The quantitative estimate of drug-likeness (QED) is 0.390. The summed E-state index contributed by atoms with van der Waals surface area (Å²) in [6.45, 7) is 3.42. The lowest BCUT2D eigenvalue weighted by atomic mass is 9.82. The number of pyridine rings is 1. The van der Waals surface area contributed by atoms with Crippen molar-refractivity contribution in [2.24, 2.45) is 0 Å². The second kappa shape index (κ2) is 10.4. The third-order valence-corrected chi connectivity index (χ3v) is 6.84. The minimum absolute atomic E-state index is 0.0794. The number of hydrogen-bond acceptors (Lipinski definition) is 8. The molecule has 1 N–H and O–H groups in total. The van der Waals surface area contributed by atoms with Gasteiger partial charge in [0, 0.05) is 32.0 Å². The molecule has 3 aromatic rings. The minimum Gasteiger partial charge on any atom is -0.489 e. The Balaban J connectivity index is 1.23. The number of amides is 1. The number of rotatable bonds is 7. The first-order valence-electron chi connectivity index (χ1n) is 12.3. The number of nitrogens with zero attached hydrogens (tertiary/aromatic N) is 4. The van der Waals surface area contributed by atoms with Crippen LogP contribution >= 0.6 is 0 Å². The molecule has 0 unspecified atom stereocenters. The van der Waals surface area contributed by atoms with Crippen LogP contribution in [-0.4, -0.2) is 53.7 Å². The molecule has 3 heterocycles. The summed E-state index contributed by atoms with van der Waals surface area (Å²) < 4.78 is 11.2. The van der Waals surface area contributed by atoms with E-state index in [1.165, 1.54) is 0 Å². The van der Waals surface area contributed by atoms with Crippen molar-refractivity contribution in [2.75, 3.05) is 25.1 Å². The number of aryl methyl sites for hydroxylation is 1. The van der Waals surface area contributed by atoms with Crippen LogP contribution < -0.4 is 19.7 Å². The van der Waals surface area contributed by atoms with Crippen molar-refractivity contribution >= 4 is 18.0 Å². The first kappa shape index (κ1) is 24.4. The SMILES string of the molecule is COc1ccc(OC2CCN(c3nnc(C(=O)N[C@]4(C=O)C=CCc5ccccc54)cc3C)CC2)cn1. The highest BCUT2D eigenvalue weighted by molar-refractivity contribution is 5.96. The monoisotopic (exact) mass is 499 g/mol. The lowest BCUT2D eigenvalue weighted by molar-refractivity contribution is -0.111. The van der Waals surface area contributed by atoms with Crippen molar-refractivity contribution in [1.29, 1.82) is 0 Å². The van der Waals surface area contributed by atoms with E-state index < -0.39 is 11.4 Å². The Hall–Kier alpha value is -4.27. The molecule has 190 valence electrons. The Morgan fingerprint density at radius 1 is 1.16 bits per heavy atom. The molecule has 2 aromatic heterocycles. The third kappa shape index (κ3) is 5.02. The van der Waals surface area contributed by atoms with Crippen LogP contribution in [0.5, 0.6) is 11.6 Å². The van der Waals surface area contributed by atoms with Gasteiger partial charge in [0.2, 0.25) is 5.88 Å². The first-order valence-corrected chi connectivity index (χ1v) is 12.3. The highest BCUT2D eigenvalue weighted by Gasteiger charge is 2.35. The zero-order valence-corrected chi connectivity index (χ0v) is 20.9. The second-order valence-corrected chi connectivity index (χ2v) is 9.28. The van der Waals surface area contributed by atoms with Gasteiger partial charge in [0.25, 0.3) is 5.91 Å². The summed E-state index contributed by atoms with van der Waals surface area (Å²) in [5.41, 5.74) is 1.58. The molecular formula is C28H29N5O4. The number of carbonyl (C=O) groups is 2. The van der Waals surface area contributed by atoms with E-state index in [2.05, 4.69) is 25.4 Å². The van der Waals surface area contributed by atoms with Gasteiger partial charge in [-0.2, -0.15) is 0 Å². The number of aromatic nitrogens is 3. The Kier molecular flexibility index (Phi) is 6.85. The number of allylic oxidation sites excluding steroid dienone is 1. The van der Waals surface area contributed by atoms with Gasteiger partial charge in [-0.05, 0) is 42.2 Å². The summed E-state index contributed by atoms with van der Waals surface area (Å²) in [6.07, 6.45) is 8.51. The van der Waals surface area contributed by atoms with Crippen LogP contribution in [-0.2, 0) is 16.8 Å². The smallest absolute Gasteiger partial charge is 0.273 e. The van der Waals surface area contributed by atoms with Crippen molar-refractivity contribution in [1.82, 2.24) is 20.5 Å². The predicted octanol–water partition coefficient (Wildman–Crippen LogP) is 3.17. The van der Waals surface area contributed by atoms with Crippen molar-refractivity contribution in [3.8, 4) is 11.6 Å². The maximum absolute atomic E-state index is 13.1. The molecule has 9 nitrogen and oxygen atoms in total. The lowest BCUT2D eigenvalue weighted by Crippen LogP contribution is -2.47. The Bertz CT molecular complexity index is 1320. The van der Waals surface area contributed by atoms with E-state index in [1.807, 2.05) is 43.3 Å². The Morgan fingerprint density at radius 3 is 2.68 bits per heavy atom. The van der Waals surface area contributed by atoms with E-state index in [4.69, 9.17) is 9.47 Å². The number of hydrogen-bond donors (Lipinski definition) is 1. The van der Waals surface area contributed by atoms with E-state index in [0.717, 1.165) is 54.7 Å². The molecule has 1 aromatic carbocycles. The highest BCUT2D eigenvalue weighted by atomic mass is 16.5. The van der Waals surface area contributed by atoms with Gasteiger partial charge in [0.15, 0.2) is 17.8 Å². The maximum Gasteiger partial charge on any atom is 0.273 e. The number of fused-ring (bicyclic) bond motifs is 1. The molecule has 1 atom stereocenters. The fourth-order valence-corrected chi connectivity index (χ4v) is 4.89. The van der Waals surface area contributed by atoms with Crippen LogP contribution in [0.15, 0.2) is 60.8 Å². The van der Waals surface area contributed by atoms with E-state index in [0.29, 0.717) is 18.1 Å². The normalized spacial score (nSPS) is 19.1. The number of anilines is 1. The van der Waals surface area contributed by atoms with Crippen molar-refractivity contribution < 1.29 is 19.1 Å². The van der Waals surface area contributed by atoms with Gasteiger partial charge in [-0.1, -0.05) is 36.4 Å². The summed E-state index contributed by atoms with van der Waals surface area (Å²) in [5, 5.41) is 11.5. The second-order valence-electron chi connectivity index (χ2n) is 9.28. The summed E-state index contributed by atoms with van der Waals surface area (Å²) >= 11 is 0. The number of nitrogens with one attached hydrogen (secondary N) is 1. The van der Waals surface area contributed by atoms with Crippen molar-refractivity contribution in [3.63, 3.8) is 0 Å². The summed E-state index contributed by atoms with van der Waals surface area (Å²) in [6, 6.07) is 13.0. The van der Waals surface area contributed by atoms with Crippen LogP contribution in [0.2, 0.25) is 0 Å². The number of aldehydes is 1. The van der Waals surface area contributed by atoms with E-state index >= 15 is 0 Å². The van der Waals surface area contributed by atoms with Gasteiger partial charge in [-0.3, -0.25) is 9.59 Å². The predicted molar refractivity (Wildman–Crippen MR) is 138 cm³/mol. The fourth-order valence-electron chi connectivity index (χ4n) is 4.89. The van der Waals surface area contributed by atoms with Gasteiger partial charge in [0.05, 0.1) is 13.3 Å². The molecule has 0 bridgehead atoms. The van der Waals surface area contributed by atoms with E-state index in [-0.39, 0.29) is 11.8 Å². The van der Waals surface area contributed by atoms with Crippen LogP contribution in [0.25, 0.3) is 0 Å². The number of methoxy groups -OCH3 is 1. The van der Waals surface area contributed by atoms with Gasteiger partial charge in [0.1, 0.15) is 17.4 Å². The molecule has 5 rings (SSSR count). The number of piperidine rings is 1. The molecule has 1 fully saturated rings. The van der Waals surface area contributed by atoms with Crippen LogP contribution in [0.1, 0.15) is 40.0 Å². The Labute approximate surface area is 215 Å². The lowest BCUT2D eigenvalue weighted by Gasteiger charge is -2.33. The average Bonchev–Trinajstić information content (AvgIpc) is 2.94. The summed E-state index contributed by atoms with van der Waals surface area (Å²) in [5.74, 6) is 1.56. The van der Waals surface area contributed by atoms with Crippen LogP contribution in [0.4, 0.5) is 5.82 Å². The zero-order valence-electron chi connectivity index (χ0n) is 20.9. The molecular weight excluding hydrogens is 470 g/mol. The molecule has 0 spiro atoms. The number of benzene rings is 1. The standard InChI is InChI=1S/C28H29N5O4/c1-19-16-24(27(35)30-28(18-34)13-5-7-20-6-3-4-8-23(20)28)31-32-26(19)33-14-11-21(12-15-33)37-22-9-10-25(36-2)29-17-22/h3-6,8-10,13,16-18,21H,7,11-12,14-15H2,1-2H3,(H,30,35)/t28-/m0/s1. The number of ether oxygens (including phenoxy) is 2. The Morgan fingerprint density at radius 2 is 1.97 bits per heavy atom. The topological polar surface area (TPSA) is 107 Å². The highest BCUT2D eigenvalue weighted by Crippen LogP contribution is 2.30. The summed E-state index contributed by atoms with van der Waals surface area (Å²) in [7, 11) is 1.58. The van der Waals surface area contributed by atoms with E-state index in [1.54, 1.807) is 31.5 Å². The molecule has 1 saturated heterocycles. The van der Waals surface area contributed by atoms with Gasteiger partial charge in [-0.25, -0.2) is 4.98 Å². The number of carbonyl (C=O) groups excluding carboxylic acids is 2. The fraction of sp³-hybridized carbons (Fsp3) is 0.321. The molecule has 9 heteroatoms. The molecule has 1 aliphatic heterocycles. The van der Waals surface area contributed by atoms with Crippen LogP contribution in [0.3, 0.4) is 0 Å². The molecule has 1 amide bonds. The molecule has 2 aliphatic rings. The van der Waals surface area contributed by atoms with Gasteiger partial charge < -0.3 is 19.7 Å². The van der Waals surface area contributed by atoms with Gasteiger partial charge >= 0.3 is 0 Å². The summed E-state index contributed by atoms with van der Waals surface area (Å²) in [4.78, 5) is 31.7. The maximum atomic E-state index is 13.1.